The second-order valence-corrected chi connectivity index (χ2v) is 3.03. The average molecular weight is 220 g/mol. The van der Waals surface area contributed by atoms with E-state index in [9.17, 15) is 0 Å². The molecule has 0 saturated carbocycles. The molecule has 1 rings (SSSR count). The van der Waals surface area contributed by atoms with Gasteiger partial charge >= 0.3 is 0 Å². The van der Waals surface area contributed by atoms with Gasteiger partial charge in [0, 0.05) is 12.7 Å². The molecule has 1 aromatic rings. The maximum absolute atomic E-state index is 4.93. The van der Waals surface area contributed by atoms with Crippen molar-refractivity contribution in [1.29, 1.82) is 0 Å². The number of pyridine rings is 1. The molecule has 15 heavy (non-hydrogen) atoms. The van der Waals surface area contributed by atoms with Crippen molar-refractivity contribution in [2.45, 2.75) is 0 Å². The van der Waals surface area contributed by atoms with Crippen LogP contribution in [0.3, 0.4) is 0 Å². The van der Waals surface area contributed by atoms with Crippen LogP contribution in [0.2, 0.25) is 0 Å². The Bertz CT molecular complexity index is 348. The van der Waals surface area contributed by atoms with E-state index in [1.54, 1.807) is 18.5 Å². The van der Waals surface area contributed by atoms with Crippen LogP contribution < -0.4 is 10.7 Å². The lowest BCUT2D eigenvalue weighted by atomic mass is 10.4. The Balaban J connectivity index is 2.33. The third kappa shape index (κ3) is 4.87. The Labute approximate surface area is 94.1 Å². The molecule has 5 heteroatoms. The monoisotopic (exact) mass is 220 g/mol. The van der Waals surface area contributed by atoms with Crippen LogP contribution in [0.25, 0.3) is 0 Å². The molecule has 78 valence electrons. The van der Waals surface area contributed by atoms with Crippen LogP contribution in [0, 0.1) is 0 Å². The van der Waals surface area contributed by atoms with E-state index in [4.69, 9.17) is 12.2 Å². The second-order valence-electron chi connectivity index (χ2n) is 2.62. The molecule has 0 unspecified atom stereocenters. The predicted molar refractivity (Wildman–Crippen MR) is 65.8 cm³/mol. The Morgan fingerprint density at radius 2 is 2.47 bits per heavy atom. The summed E-state index contributed by atoms with van der Waals surface area (Å²) in [5.74, 6) is 0. The lowest BCUT2D eigenvalue weighted by molar-refractivity contribution is 0.941. The molecule has 2 N–H and O–H groups in total. The molecule has 4 nitrogen and oxygen atoms in total. The van der Waals surface area contributed by atoms with Crippen LogP contribution in [0.1, 0.15) is 5.69 Å². The van der Waals surface area contributed by atoms with E-state index in [2.05, 4.69) is 27.4 Å². The third-order valence-corrected chi connectivity index (χ3v) is 1.69. The average Bonchev–Trinajstić information content (AvgIpc) is 2.28. The van der Waals surface area contributed by atoms with Crippen LogP contribution in [0.5, 0.6) is 0 Å². The first kappa shape index (κ1) is 11.3. The van der Waals surface area contributed by atoms with E-state index < -0.39 is 0 Å². The highest BCUT2D eigenvalue weighted by Gasteiger charge is 1.89. The van der Waals surface area contributed by atoms with Crippen molar-refractivity contribution in [1.82, 2.24) is 15.7 Å². The number of rotatable bonds is 4. The summed E-state index contributed by atoms with van der Waals surface area (Å²) in [4.78, 5) is 4.07. The molecule has 0 aromatic carbocycles. The van der Waals surface area contributed by atoms with E-state index in [0.717, 1.165) is 5.69 Å². The molecule has 0 aliphatic heterocycles. The Kier molecular flexibility index (Phi) is 5.03. The summed E-state index contributed by atoms with van der Waals surface area (Å²) < 4.78 is 0. The van der Waals surface area contributed by atoms with Crippen molar-refractivity contribution in [3.05, 3.63) is 42.7 Å². The highest BCUT2D eigenvalue weighted by atomic mass is 32.1. The summed E-state index contributed by atoms with van der Waals surface area (Å²) >= 11 is 4.93. The molecule has 0 amide bonds. The molecule has 0 aliphatic carbocycles. The van der Waals surface area contributed by atoms with Crippen molar-refractivity contribution < 1.29 is 0 Å². The van der Waals surface area contributed by atoms with Crippen LogP contribution in [0.4, 0.5) is 0 Å². The molecule has 0 radical (unpaired) electrons. The Morgan fingerprint density at radius 1 is 1.60 bits per heavy atom. The molecular weight excluding hydrogens is 208 g/mol. The van der Waals surface area contributed by atoms with Gasteiger partial charge in [-0.05, 0) is 24.4 Å². The van der Waals surface area contributed by atoms with Gasteiger partial charge in [-0.1, -0.05) is 12.1 Å². The van der Waals surface area contributed by atoms with Crippen LogP contribution in [0.15, 0.2) is 42.2 Å². The Hall–Kier alpha value is -1.75. The molecule has 1 heterocycles. The molecule has 1 aromatic heterocycles. The van der Waals surface area contributed by atoms with Gasteiger partial charge in [0.15, 0.2) is 5.11 Å². The van der Waals surface area contributed by atoms with Gasteiger partial charge in [-0.3, -0.25) is 10.4 Å². The number of aromatic nitrogens is 1. The van der Waals surface area contributed by atoms with Gasteiger partial charge in [-0.25, -0.2) is 0 Å². The molecule has 0 saturated heterocycles. The first-order valence-corrected chi connectivity index (χ1v) is 4.82. The molecule has 0 aliphatic rings. The number of thiocarbonyl (C=S) groups is 1. The van der Waals surface area contributed by atoms with Gasteiger partial charge in [0.1, 0.15) is 0 Å². The minimum atomic E-state index is 0.460. The fraction of sp³-hybridized carbons (Fsp3) is 0.100. The van der Waals surface area contributed by atoms with Crippen molar-refractivity contribution in [2.24, 2.45) is 5.10 Å². The summed E-state index contributed by atoms with van der Waals surface area (Å²) in [6, 6.07) is 5.59. The van der Waals surface area contributed by atoms with E-state index in [1.165, 1.54) is 0 Å². The predicted octanol–water partition coefficient (Wildman–Crippen LogP) is 1.07. The number of hydrogen-bond donors (Lipinski definition) is 2. The van der Waals surface area contributed by atoms with E-state index in [1.807, 2.05) is 18.2 Å². The molecular formula is C10H12N4S. The SMILES string of the molecule is C=CCNC(=S)NN=Cc1ccccn1. The van der Waals surface area contributed by atoms with Gasteiger partial charge in [0.05, 0.1) is 11.9 Å². The van der Waals surface area contributed by atoms with Crippen LogP contribution in [-0.2, 0) is 0 Å². The van der Waals surface area contributed by atoms with Gasteiger partial charge in [0.2, 0.25) is 0 Å². The third-order valence-electron chi connectivity index (χ3n) is 1.46. The van der Waals surface area contributed by atoms with Crippen molar-refractivity contribution in [3.63, 3.8) is 0 Å². The zero-order chi connectivity index (χ0) is 10.9. The molecule has 0 spiro atoms. The lowest BCUT2D eigenvalue weighted by Gasteiger charge is -2.02. The van der Waals surface area contributed by atoms with Gasteiger partial charge in [0.25, 0.3) is 0 Å². The summed E-state index contributed by atoms with van der Waals surface area (Å²) in [6.45, 7) is 4.18. The minimum Gasteiger partial charge on any atom is -0.358 e. The highest BCUT2D eigenvalue weighted by Crippen LogP contribution is 1.87. The van der Waals surface area contributed by atoms with Crippen molar-refractivity contribution in [2.75, 3.05) is 6.54 Å². The highest BCUT2D eigenvalue weighted by molar-refractivity contribution is 7.80. The maximum Gasteiger partial charge on any atom is 0.187 e. The normalized spacial score (nSPS) is 9.87. The molecule has 0 fully saturated rings. The summed E-state index contributed by atoms with van der Waals surface area (Å²) in [6.07, 6.45) is 5.02. The quantitative estimate of drug-likeness (QED) is 0.345. The second kappa shape index (κ2) is 6.67. The van der Waals surface area contributed by atoms with Crippen LogP contribution in [-0.4, -0.2) is 22.9 Å². The minimum absolute atomic E-state index is 0.460. The Morgan fingerprint density at radius 3 is 3.13 bits per heavy atom. The first-order chi connectivity index (χ1) is 7.33. The van der Waals surface area contributed by atoms with Crippen molar-refractivity contribution >= 4 is 23.5 Å². The smallest absolute Gasteiger partial charge is 0.187 e. The maximum atomic E-state index is 4.93. The lowest BCUT2D eigenvalue weighted by Crippen LogP contribution is -2.31. The summed E-state index contributed by atoms with van der Waals surface area (Å²) in [5.41, 5.74) is 3.44. The van der Waals surface area contributed by atoms with Crippen molar-refractivity contribution in [3.8, 4) is 0 Å². The largest absolute Gasteiger partial charge is 0.358 e. The number of nitrogens with zero attached hydrogens (tertiary/aromatic N) is 2. The standard InChI is InChI=1S/C10H12N4S/c1-2-6-12-10(15)14-13-8-9-5-3-4-7-11-9/h2-5,7-8H,1,6H2,(H2,12,14,15). The van der Waals surface area contributed by atoms with Gasteiger partial charge < -0.3 is 5.32 Å². The summed E-state index contributed by atoms with van der Waals surface area (Å²) in [5, 5.41) is 7.27. The first-order valence-electron chi connectivity index (χ1n) is 4.42. The fourth-order valence-corrected chi connectivity index (χ4v) is 0.950. The molecule has 0 atom stereocenters. The van der Waals surface area contributed by atoms with E-state index in [-0.39, 0.29) is 0 Å². The number of hydrazone groups is 1. The zero-order valence-corrected chi connectivity index (χ0v) is 9.00. The van der Waals surface area contributed by atoms with E-state index in [0.29, 0.717) is 11.7 Å². The summed E-state index contributed by atoms with van der Waals surface area (Å²) in [7, 11) is 0. The number of nitrogens with one attached hydrogen (secondary N) is 2. The van der Waals surface area contributed by atoms with Crippen LogP contribution >= 0.6 is 12.2 Å². The van der Waals surface area contributed by atoms with E-state index >= 15 is 0 Å². The molecule has 0 bridgehead atoms. The van der Waals surface area contributed by atoms with Gasteiger partial charge in [-0.2, -0.15) is 5.10 Å². The topological polar surface area (TPSA) is 49.3 Å². The van der Waals surface area contributed by atoms with Gasteiger partial charge in [-0.15, -0.1) is 6.58 Å². The number of hydrogen-bond acceptors (Lipinski definition) is 3. The fourth-order valence-electron chi connectivity index (χ4n) is 0.814. The zero-order valence-electron chi connectivity index (χ0n) is 8.18.